The van der Waals surface area contributed by atoms with Crippen LogP contribution in [-0.2, 0) is 16.0 Å². The smallest absolute Gasteiger partial charge is 0.253 e. The summed E-state index contributed by atoms with van der Waals surface area (Å²) < 4.78 is 0. The lowest BCUT2D eigenvalue weighted by Gasteiger charge is -2.24. The van der Waals surface area contributed by atoms with E-state index < -0.39 is 0 Å². The van der Waals surface area contributed by atoms with Crippen molar-refractivity contribution < 1.29 is 14.4 Å². The number of likely N-dealkylation sites (tertiary alicyclic amines) is 1. The third-order valence-electron chi connectivity index (χ3n) is 5.64. The van der Waals surface area contributed by atoms with Crippen LogP contribution in [0.3, 0.4) is 0 Å². The van der Waals surface area contributed by atoms with Crippen LogP contribution in [0.2, 0.25) is 0 Å². The molecule has 2 N–H and O–H groups in total. The molecule has 2 heterocycles. The van der Waals surface area contributed by atoms with Crippen molar-refractivity contribution in [3.8, 4) is 0 Å². The van der Waals surface area contributed by atoms with Gasteiger partial charge in [0.25, 0.3) is 5.91 Å². The maximum Gasteiger partial charge on any atom is 0.253 e. The molecule has 2 aromatic carbocycles. The van der Waals surface area contributed by atoms with Crippen molar-refractivity contribution >= 4 is 29.1 Å². The van der Waals surface area contributed by atoms with Gasteiger partial charge in [0, 0.05) is 42.4 Å². The number of hydrogen-bond acceptors (Lipinski definition) is 3. The molecule has 0 aromatic heterocycles. The molecule has 3 amide bonds. The van der Waals surface area contributed by atoms with Crippen molar-refractivity contribution in [1.29, 1.82) is 0 Å². The topological polar surface area (TPSA) is 78.5 Å². The second-order valence-corrected chi connectivity index (χ2v) is 7.71. The normalized spacial score (nSPS) is 18.1. The number of fused-ring (bicyclic) bond motifs is 1. The molecule has 29 heavy (non-hydrogen) atoms. The Morgan fingerprint density at radius 2 is 1.76 bits per heavy atom. The molecule has 4 rings (SSSR count). The summed E-state index contributed by atoms with van der Waals surface area (Å²) in [5.41, 5.74) is 3.27. The van der Waals surface area contributed by atoms with E-state index in [1.165, 1.54) is 0 Å². The van der Waals surface area contributed by atoms with Gasteiger partial charge in [0.05, 0.1) is 0 Å². The minimum atomic E-state index is -0.198. The van der Waals surface area contributed by atoms with Crippen LogP contribution in [0.4, 0.5) is 11.4 Å². The van der Waals surface area contributed by atoms with Crippen molar-refractivity contribution in [3.05, 3.63) is 59.7 Å². The predicted molar refractivity (Wildman–Crippen MR) is 112 cm³/mol. The van der Waals surface area contributed by atoms with Gasteiger partial charge in [-0.25, -0.2) is 0 Å². The van der Waals surface area contributed by atoms with Gasteiger partial charge in [0.1, 0.15) is 0 Å². The number of para-hydroxylation sites is 1. The fourth-order valence-electron chi connectivity index (χ4n) is 3.97. The van der Waals surface area contributed by atoms with Crippen molar-refractivity contribution in [2.24, 2.45) is 5.92 Å². The largest absolute Gasteiger partial charge is 0.339 e. The van der Waals surface area contributed by atoms with Gasteiger partial charge in [-0.2, -0.15) is 0 Å². The van der Waals surface area contributed by atoms with Crippen molar-refractivity contribution in [2.75, 3.05) is 23.7 Å². The van der Waals surface area contributed by atoms with Crippen molar-refractivity contribution in [1.82, 2.24) is 4.90 Å². The number of carbonyl (C=O) groups excluding carboxylic acids is 3. The van der Waals surface area contributed by atoms with E-state index >= 15 is 0 Å². The lowest BCUT2D eigenvalue weighted by atomic mass is 9.89. The number of benzene rings is 2. The first-order valence-corrected chi connectivity index (χ1v) is 10.2. The fraction of sp³-hybridized carbons (Fsp3) is 0.348. The highest BCUT2D eigenvalue weighted by atomic mass is 16.2. The highest BCUT2D eigenvalue weighted by Gasteiger charge is 2.26. The van der Waals surface area contributed by atoms with Crippen LogP contribution in [-0.4, -0.2) is 35.7 Å². The molecule has 0 spiro atoms. The molecular weight excluding hydrogens is 366 g/mol. The number of amides is 3. The Hall–Kier alpha value is -3.15. The molecule has 2 aliphatic rings. The summed E-state index contributed by atoms with van der Waals surface area (Å²) in [4.78, 5) is 38.8. The summed E-state index contributed by atoms with van der Waals surface area (Å²) in [6, 6.07) is 14.8. The second-order valence-electron chi connectivity index (χ2n) is 7.71. The van der Waals surface area contributed by atoms with Crippen LogP contribution in [0.5, 0.6) is 0 Å². The third-order valence-corrected chi connectivity index (χ3v) is 5.64. The molecule has 0 aliphatic carbocycles. The van der Waals surface area contributed by atoms with E-state index in [9.17, 15) is 14.4 Å². The first kappa shape index (κ1) is 19.2. The summed E-state index contributed by atoms with van der Waals surface area (Å²) in [7, 11) is 0. The molecule has 0 radical (unpaired) electrons. The zero-order valence-electron chi connectivity index (χ0n) is 16.3. The Balaban J connectivity index is 1.28. The SMILES string of the molecule is O=C(CC[C@@H]1Cc2ccccc2NC1=O)Nc1ccc(C(=O)N2CCCC2)cc1. The van der Waals surface area contributed by atoms with Crippen molar-refractivity contribution in [2.45, 2.75) is 32.1 Å². The Kier molecular flexibility index (Phi) is 5.60. The molecular formula is C23H25N3O3. The monoisotopic (exact) mass is 391 g/mol. The van der Waals surface area contributed by atoms with Gasteiger partial charge in [0.15, 0.2) is 0 Å². The molecule has 150 valence electrons. The standard InChI is InChI=1S/C23H25N3O3/c27-21(12-9-18-15-17-5-1-2-6-20(17)25-22(18)28)24-19-10-7-16(8-11-19)23(29)26-13-3-4-14-26/h1-2,5-8,10-11,18H,3-4,9,12-15H2,(H,24,27)(H,25,28)/t18-/m1/s1. The number of rotatable bonds is 5. The van der Waals surface area contributed by atoms with E-state index in [2.05, 4.69) is 10.6 Å². The summed E-state index contributed by atoms with van der Waals surface area (Å²) in [5, 5.41) is 5.77. The number of carbonyl (C=O) groups is 3. The molecule has 0 bridgehead atoms. The van der Waals surface area contributed by atoms with Gasteiger partial charge in [-0.1, -0.05) is 18.2 Å². The molecule has 2 aliphatic heterocycles. The Morgan fingerprint density at radius 1 is 1.03 bits per heavy atom. The maximum absolute atomic E-state index is 12.4. The van der Waals surface area contributed by atoms with Crippen LogP contribution in [0.25, 0.3) is 0 Å². The van der Waals surface area contributed by atoms with E-state index in [4.69, 9.17) is 0 Å². The molecule has 6 nitrogen and oxygen atoms in total. The Labute approximate surface area is 170 Å². The predicted octanol–water partition coefficient (Wildman–Crippen LogP) is 3.45. The number of nitrogens with one attached hydrogen (secondary N) is 2. The Morgan fingerprint density at radius 3 is 2.52 bits per heavy atom. The first-order chi connectivity index (χ1) is 14.1. The summed E-state index contributed by atoms with van der Waals surface area (Å²) in [6.07, 6.45) is 3.55. The molecule has 6 heteroatoms. The number of anilines is 2. The number of hydrogen-bond donors (Lipinski definition) is 2. The highest BCUT2D eigenvalue weighted by Crippen LogP contribution is 2.27. The Bertz CT molecular complexity index is 917. The van der Waals surface area contributed by atoms with E-state index in [-0.39, 0.29) is 30.1 Å². The molecule has 1 atom stereocenters. The molecule has 1 saturated heterocycles. The lowest BCUT2D eigenvalue weighted by molar-refractivity contribution is -0.121. The van der Waals surface area contributed by atoms with E-state index in [1.807, 2.05) is 29.2 Å². The molecule has 0 unspecified atom stereocenters. The fourth-order valence-corrected chi connectivity index (χ4v) is 3.97. The van der Waals surface area contributed by atoms with E-state index in [1.54, 1.807) is 24.3 Å². The second kappa shape index (κ2) is 8.47. The third kappa shape index (κ3) is 4.47. The van der Waals surface area contributed by atoms with E-state index in [0.29, 0.717) is 24.1 Å². The summed E-state index contributed by atoms with van der Waals surface area (Å²) >= 11 is 0. The van der Waals surface area contributed by atoms with Crippen LogP contribution >= 0.6 is 0 Å². The van der Waals surface area contributed by atoms with Gasteiger partial charge < -0.3 is 15.5 Å². The minimum absolute atomic E-state index is 0.0266. The van der Waals surface area contributed by atoms with Gasteiger partial charge in [-0.05, 0) is 61.6 Å². The van der Waals surface area contributed by atoms with Gasteiger partial charge in [-0.3, -0.25) is 14.4 Å². The van der Waals surface area contributed by atoms with Crippen LogP contribution in [0.15, 0.2) is 48.5 Å². The zero-order valence-corrected chi connectivity index (χ0v) is 16.3. The average molecular weight is 391 g/mol. The van der Waals surface area contributed by atoms with E-state index in [0.717, 1.165) is 37.2 Å². The van der Waals surface area contributed by atoms with Crippen molar-refractivity contribution in [3.63, 3.8) is 0 Å². The lowest BCUT2D eigenvalue weighted by Crippen LogP contribution is -2.30. The highest BCUT2D eigenvalue weighted by molar-refractivity contribution is 5.97. The van der Waals surface area contributed by atoms with Gasteiger partial charge in [0.2, 0.25) is 11.8 Å². The minimum Gasteiger partial charge on any atom is -0.339 e. The number of nitrogens with zero attached hydrogens (tertiary/aromatic N) is 1. The van der Waals surface area contributed by atoms with Gasteiger partial charge in [-0.15, -0.1) is 0 Å². The zero-order chi connectivity index (χ0) is 20.2. The van der Waals surface area contributed by atoms with Crippen LogP contribution < -0.4 is 10.6 Å². The molecule has 0 saturated carbocycles. The average Bonchev–Trinajstić information content (AvgIpc) is 3.27. The summed E-state index contributed by atoms with van der Waals surface area (Å²) in [6.45, 7) is 1.63. The quantitative estimate of drug-likeness (QED) is 0.819. The van der Waals surface area contributed by atoms with Gasteiger partial charge >= 0.3 is 0 Å². The molecule has 1 fully saturated rings. The van der Waals surface area contributed by atoms with Crippen LogP contribution in [0.1, 0.15) is 41.6 Å². The maximum atomic E-state index is 12.4. The van der Waals surface area contributed by atoms with Crippen LogP contribution in [0, 0.1) is 5.92 Å². The summed E-state index contributed by atoms with van der Waals surface area (Å²) in [5.74, 6) is -0.309. The molecule has 2 aromatic rings. The first-order valence-electron chi connectivity index (χ1n) is 10.2.